The number of hydrogen-bond donors (Lipinski definition) is 1. The van der Waals surface area contributed by atoms with Gasteiger partial charge in [0.2, 0.25) is 6.10 Å². The maximum atomic E-state index is 14.5. The van der Waals surface area contributed by atoms with Gasteiger partial charge in [0, 0.05) is 33.1 Å². The molecule has 1 amide bonds. The van der Waals surface area contributed by atoms with Crippen LogP contribution in [-0.4, -0.2) is 71.7 Å². The number of halogens is 1. The largest absolute Gasteiger partial charge is 0.478 e. The first-order valence-electron chi connectivity index (χ1n) is 11.9. The fourth-order valence-electron chi connectivity index (χ4n) is 3.87. The number of ether oxygens (including phenoxy) is 3. The Hall–Kier alpha value is -2.68. The van der Waals surface area contributed by atoms with Crippen LogP contribution in [0.2, 0.25) is 0 Å². The van der Waals surface area contributed by atoms with Gasteiger partial charge in [-0.3, -0.25) is 4.90 Å². The molecule has 9 heteroatoms. The first-order valence-corrected chi connectivity index (χ1v) is 11.9. The van der Waals surface area contributed by atoms with Crippen molar-refractivity contribution in [3.8, 4) is 0 Å². The lowest BCUT2D eigenvalue weighted by Gasteiger charge is -2.32. The van der Waals surface area contributed by atoms with Crippen LogP contribution in [0.3, 0.4) is 0 Å². The monoisotopic (exact) mass is 495 g/mol. The van der Waals surface area contributed by atoms with Gasteiger partial charge in [-0.2, -0.15) is 0 Å². The Labute approximate surface area is 206 Å². The van der Waals surface area contributed by atoms with Gasteiger partial charge in [0.15, 0.2) is 0 Å². The Morgan fingerprint density at radius 1 is 1.11 bits per heavy atom. The van der Waals surface area contributed by atoms with E-state index in [2.05, 4.69) is 0 Å². The van der Waals surface area contributed by atoms with Crippen molar-refractivity contribution in [2.24, 2.45) is 0 Å². The molecule has 2 rings (SSSR count). The summed E-state index contributed by atoms with van der Waals surface area (Å²) in [5.74, 6) is -1.93. The van der Waals surface area contributed by atoms with Gasteiger partial charge in [-0.05, 0) is 64.5 Å². The molecule has 1 N–H and O–H groups in total. The highest BCUT2D eigenvalue weighted by atomic mass is 19.1. The molecule has 0 saturated carbocycles. The minimum Gasteiger partial charge on any atom is -0.478 e. The lowest BCUT2D eigenvalue weighted by atomic mass is 9.91. The lowest BCUT2D eigenvalue weighted by Crippen LogP contribution is -2.49. The van der Waals surface area contributed by atoms with E-state index in [9.17, 15) is 23.9 Å². The summed E-state index contributed by atoms with van der Waals surface area (Å²) in [5.41, 5.74) is -0.807. The summed E-state index contributed by atoms with van der Waals surface area (Å²) < 4.78 is 30.5. The van der Waals surface area contributed by atoms with E-state index >= 15 is 0 Å². The third-order valence-corrected chi connectivity index (χ3v) is 5.73. The van der Waals surface area contributed by atoms with Gasteiger partial charge >= 0.3 is 18.0 Å². The number of carbonyl (C=O) groups excluding carboxylic acids is 2. The van der Waals surface area contributed by atoms with Crippen LogP contribution in [0.25, 0.3) is 0 Å². The predicted octanol–water partition coefficient (Wildman–Crippen LogP) is 4.49. The van der Waals surface area contributed by atoms with E-state index in [1.165, 1.54) is 20.9 Å². The SMILES string of the molecule is CN(C(=O)OC(C)(C)C)[C@@H](CC(C)(C)F)C(=O)O[C@H](Cc1ccc(C2CCOCC2)cc1)C(=O)O. The molecule has 1 aliphatic heterocycles. The van der Waals surface area contributed by atoms with E-state index in [0.717, 1.165) is 36.5 Å². The zero-order chi connectivity index (χ0) is 26.4. The zero-order valence-corrected chi connectivity index (χ0v) is 21.5. The number of benzene rings is 1. The molecule has 0 radical (unpaired) electrons. The second-order valence-electron chi connectivity index (χ2n) is 10.6. The van der Waals surface area contributed by atoms with E-state index in [4.69, 9.17) is 14.2 Å². The molecule has 0 spiro atoms. The molecule has 0 bridgehead atoms. The van der Waals surface area contributed by atoms with Crippen molar-refractivity contribution in [2.45, 2.75) is 89.6 Å². The van der Waals surface area contributed by atoms with Crippen LogP contribution in [0.4, 0.5) is 9.18 Å². The van der Waals surface area contributed by atoms with Crippen molar-refractivity contribution in [1.82, 2.24) is 4.90 Å². The van der Waals surface area contributed by atoms with Crippen molar-refractivity contribution in [3.63, 3.8) is 0 Å². The first-order chi connectivity index (χ1) is 16.2. The van der Waals surface area contributed by atoms with E-state index in [1.54, 1.807) is 20.8 Å². The molecule has 0 unspecified atom stereocenters. The van der Waals surface area contributed by atoms with Crippen LogP contribution in [0, 0.1) is 0 Å². The smallest absolute Gasteiger partial charge is 0.410 e. The third kappa shape index (κ3) is 9.47. The molecular weight excluding hydrogens is 457 g/mol. The van der Waals surface area contributed by atoms with Crippen molar-refractivity contribution in [2.75, 3.05) is 20.3 Å². The van der Waals surface area contributed by atoms with E-state index < -0.39 is 41.4 Å². The van der Waals surface area contributed by atoms with Crippen LogP contribution in [-0.2, 0) is 30.2 Å². The van der Waals surface area contributed by atoms with Crippen molar-refractivity contribution >= 4 is 18.0 Å². The van der Waals surface area contributed by atoms with Crippen molar-refractivity contribution < 1.29 is 38.1 Å². The summed E-state index contributed by atoms with van der Waals surface area (Å²) in [4.78, 5) is 38.3. The number of hydrogen-bond acceptors (Lipinski definition) is 6. The van der Waals surface area contributed by atoms with Crippen LogP contribution < -0.4 is 0 Å². The maximum Gasteiger partial charge on any atom is 0.410 e. The molecule has 35 heavy (non-hydrogen) atoms. The van der Waals surface area contributed by atoms with Gasteiger partial charge in [-0.25, -0.2) is 18.8 Å². The number of rotatable bonds is 9. The number of carboxylic acid groups (broad SMARTS) is 1. The fraction of sp³-hybridized carbons (Fsp3) is 0.654. The molecule has 8 nitrogen and oxygen atoms in total. The molecule has 1 aromatic rings. The summed E-state index contributed by atoms with van der Waals surface area (Å²) in [5, 5.41) is 9.69. The van der Waals surface area contributed by atoms with Gasteiger partial charge in [0.1, 0.15) is 17.3 Å². The minimum atomic E-state index is -1.82. The number of esters is 1. The normalized spacial score (nSPS) is 16.8. The Bertz CT molecular complexity index is 867. The van der Waals surface area contributed by atoms with E-state index in [0.29, 0.717) is 11.5 Å². The highest BCUT2D eigenvalue weighted by Crippen LogP contribution is 2.27. The molecule has 1 fully saturated rings. The zero-order valence-electron chi connectivity index (χ0n) is 21.5. The van der Waals surface area contributed by atoms with Crippen LogP contribution in [0.1, 0.15) is 70.9 Å². The number of alkyl halides is 1. The van der Waals surface area contributed by atoms with Gasteiger partial charge in [0.25, 0.3) is 0 Å². The molecule has 1 aromatic carbocycles. The Balaban J connectivity index is 2.13. The highest BCUT2D eigenvalue weighted by Gasteiger charge is 2.38. The van der Waals surface area contributed by atoms with Crippen molar-refractivity contribution in [3.05, 3.63) is 35.4 Å². The molecule has 0 aliphatic carbocycles. The molecular formula is C26H38FNO7. The summed E-state index contributed by atoms with van der Waals surface area (Å²) in [7, 11) is 1.30. The first kappa shape index (κ1) is 28.6. The second kappa shape index (κ2) is 11.8. The Morgan fingerprint density at radius 2 is 1.69 bits per heavy atom. The summed E-state index contributed by atoms with van der Waals surface area (Å²) >= 11 is 0. The van der Waals surface area contributed by atoms with E-state index in [-0.39, 0.29) is 12.8 Å². The van der Waals surface area contributed by atoms with Gasteiger partial charge < -0.3 is 19.3 Å². The highest BCUT2D eigenvalue weighted by molar-refractivity contribution is 5.84. The molecule has 0 aromatic heterocycles. The van der Waals surface area contributed by atoms with Gasteiger partial charge in [-0.15, -0.1) is 0 Å². The molecule has 1 aliphatic rings. The van der Waals surface area contributed by atoms with Crippen molar-refractivity contribution in [1.29, 1.82) is 0 Å². The van der Waals surface area contributed by atoms with E-state index in [1.807, 2.05) is 24.3 Å². The number of carbonyl (C=O) groups is 3. The molecule has 1 heterocycles. The maximum absolute atomic E-state index is 14.5. The molecule has 196 valence electrons. The predicted molar refractivity (Wildman–Crippen MR) is 128 cm³/mol. The fourth-order valence-corrected chi connectivity index (χ4v) is 3.87. The van der Waals surface area contributed by atoms with Gasteiger partial charge in [0.05, 0.1) is 0 Å². The van der Waals surface area contributed by atoms with Gasteiger partial charge in [-0.1, -0.05) is 24.3 Å². The average molecular weight is 496 g/mol. The average Bonchev–Trinajstić information content (AvgIpc) is 2.75. The Morgan fingerprint density at radius 3 is 2.17 bits per heavy atom. The quantitative estimate of drug-likeness (QED) is 0.504. The third-order valence-electron chi connectivity index (χ3n) is 5.73. The molecule has 1 saturated heterocycles. The minimum absolute atomic E-state index is 0.0585. The molecule has 2 atom stereocenters. The number of amides is 1. The summed E-state index contributed by atoms with van der Waals surface area (Å²) in [6, 6.07) is 6.20. The summed E-state index contributed by atoms with van der Waals surface area (Å²) in [6.07, 6.45) is -0.892. The number of likely N-dealkylation sites (N-methyl/N-ethyl adjacent to an activating group) is 1. The number of carboxylic acids is 1. The van der Waals surface area contributed by atoms with Crippen LogP contribution >= 0.6 is 0 Å². The standard InChI is InChI=1S/C26H38FNO7/c1-25(2,3)35-24(32)28(6)20(16-26(4,5)27)23(31)34-21(22(29)30)15-17-7-9-18(10-8-17)19-11-13-33-14-12-19/h7-10,19-21H,11-16H2,1-6H3,(H,29,30)/t20-,21+/m0/s1. The number of nitrogens with zero attached hydrogens (tertiary/aromatic N) is 1. The summed E-state index contributed by atoms with van der Waals surface area (Å²) in [6.45, 7) is 8.97. The Kier molecular flexibility index (Phi) is 9.66. The van der Waals surface area contributed by atoms with Crippen LogP contribution in [0.15, 0.2) is 24.3 Å². The van der Waals surface area contributed by atoms with Crippen LogP contribution in [0.5, 0.6) is 0 Å². The lowest BCUT2D eigenvalue weighted by molar-refractivity contribution is -0.168. The second-order valence-corrected chi connectivity index (χ2v) is 10.6. The number of aliphatic carboxylic acids is 1. The topological polar surface area (TPSA) is 102 Å².